The number of hydrogen-bond donors (Lipinski definition) is 2. The van der Waals surface area contributed by atoms with Crippen LogP contribution in [0.15, 0.2) is 36.4 Å². The van der Waals surface area contributed by atoms with E-state index in [9.17, 15) is 14.4 Å². The van der Waals surface area contributed by atoms with Crippen molar-refractivity contribution in [1.82, 2.24) is 15.1 Å². The lowest BCUT2D eigenvalue weighted by atomic mass is 9.73. The van der Waals surface area contributed by atoms with Crippen LogP contribution in [0.3, 0.4) is 0 Å². The van der Waals surface area contributed by atoms with Gasteiger partial charge in [0.05, 0.1) is 17.9 Å². The van der Waals surface area contributed by atoms with E-state index < -0.39 is 29.6 Å². The van der Waals surface area contributed by atoms with Crippen LogP contribution in [0.25, 0.3) is 0 Å². The van der Waals surface area contributed by atoms with Gasteiger partial charge in [0.2, 0.25) is 17.7 Å². The van der Waals surface area contributed by atoms with Crippen LogP contribution in [0, 0.1) is 23.7 Å². The highest BCUT2D eigenvalue weighted by Gasteiger charge is 2.72. The number of halogens is 2. The summed E-state index contributed by atoms with van der Waals surface area (Å²) in [5, 5.41) is 6.79. The van der Waals surface area contributed by atoms with Crippen molar-refractivity contribution in [2.45, 2.75) is 76.2 Å². The second-order valence-corrected chi connectivity index (χ2v) is 13.0. The van der Waals surface area contributed by atoms with Gasteiger partial charge in [0.25, 0.3) is 0 Å². The monoisotopic (exact) mass is 604 g/mol. The van der Waals surface area contributed by atoms with E-state index in [0.717, 1.165) is 38.8 Å². The SMILES string of the molecule is CC1CCCC(NC(=O)C2N(CCN3CCCCC3)C(=O)C3C(C(=O)Nc4cccc(Cl)c4)C4C=CC32O4)C1C.Cl. The van der Waals surface area contributed by atoms with Gasteiger partial charge in [0, 0.05) is 29.8 Å². The molecule has 1 saturated carbocycles. The maximum absolute atomic E-state index is 14.2. The molecule has 8 nitrogen and oxygen atoms in total. The fourth-order valence-electron chi connectivity index (χ4n) is 7.78. The third-order valence-electron chi connectivity index (χ3n) is 10.2. The van der Waals surface area contributed by atoms with Gasteiger partial charge in [-0.25, -0.2) is 0 Å². The smallest absolute Gasteiger partial charge is 0.246 e. The quantitative estimate of drug-likeness (QED) is 0.453. The number of ether oxygens (including phenoxy) is 1. The van der Waals surface area contributed by atoms with Crippen LogP contribution in [0.5, 0.6) is 0 Å². The van der Waals surface area contributed by atoms with Crippen molar-refractivity contribution in [2.24, 2.45) is 23.7 Å². The predicted octanol–water partition coefficient (Wildman–Crippen LogP) is 4.28. The highest BCUT2D eigenvalue weighted by atomic mass is 35.5. The molecule has 0 radical (unpaired) electrons. The highest BCUT2D eigenvalue weighted by Crippen LogP contribution is 2.55. The molecule has 3 amide bonds. The van der Waals surface area contributed by atoms with Gasteiger partial charge in [0.1, 0.15) is 11.6 Å². The van der Waals surface area contributed by atoms with Crippen LogP contribution < -0.4 is 10.6 Å². The van der Waals surface area contributed by atoms with E-state index in [2.05, 4.69) is 29.4 Å². The summed E-state index contributed by atoms with van der Waals surface area (Å²) >= 11 is 6.14. The average molecular weight is 606 g/mol. The topological polar surface area (TPSA) is 91.0 Å². The number of fused-ring (bicyclic) bond motifs is 1. The van der Waals surface area contributed by atoms with E-state index in [0.29, 0.717) is 35.6 Å². The van der Waals surface area contributed by atoms with Crippen molar-refractivity contribution < 1.29 is 19.1 Å². The van der Waals surface area contributed by atoms with E-state index >= 15 is 0 Å². The summed E-state index contributed by atoms with van der Waals surface area (Å²) in [7, 11) is 0. The number of likely N-dealkylation sites (tertiary alicyclic amines) is 2. The predicted molar refractivity (Wildman–Crippen MR) is 161 cm³/mol. The Labute approximate surface area is 254 Å². The fourth-order valence-corrected chi connectivity index (χ4v) is 7.97. The van der Waals surface area contributed by atoms with Gasteiger partial charge in [-0.2, -0.15) is 0 Å². The molecular weight excluding hydrogens is 563 g/mol. The van der Waals surface area contributed by atoms with Gasteiger partial charge in [-0.05, 0) is 62.4 Å². The molecule has 1 aromatic rings. The zero-order valence-electron chi connectivity index (χ0n) is 23.9. The number of piperidine rings is 1. The second kappa shape index (κ2) is 12.2. The number of nitrogens with one attached hydrogen (secondary N) is 2. The lowest BCUT2D eigenvalue weighted by Gasteiger charge is -2.38. The largest absolute Gasteiger partial charge is 0.359 e. The molecule has 0 aromatic heterocycles. The molecule has 224 valence electrons. The minimum absolute atomic E-state index is 0. The maximum Gasteiger partial charge on any atom is 0.246 e. The molecule has 1 aromatic carbocycles. The standard InChI is InChI=1S/C31H41ClN4O4.ClH/c1-19-8-6-11-23(20(19)2)34-29(38)27-31-13-12-24(40-31)25(28(37)33-22-10-7-9-21(32)18-22)26(31)30(39)36(27)17-16-35-14-4-3-5-15-35;/h7,9-10,12-13,18-20,23-27H,3-6,8,11,14-17H2,1-2H3,(H,33,37)(H,34,38);1H. The number of amides is 3. The Morgan fingerprint density at radius 1 is 1.07 bits per heavy atom. The molecule has 1 spiro atoms. The normalized spacial score (nSPS) is 36.1. The van der Waals surface area contributed by atoms with Crippen molar-refractivity contribution in [3.8, 4) is 0 Å². The van der Waals surface area contributed by atoms with E-state index in [4.69, 9.17) is 16.3 Å². The Hall–Kier alpha value is -2.13. The molecule has 10 heteroatoms. The van der Waals surface area contributed by atoms with Crippen molar-refractivity contribution in [3.05, 3.63) is 41.4 Å². The Balaban J connectivity index is 0.00000337. The summed E-state index contributed by atoms with van der Waals surface area (Å²) in [6, 6.07) is 6.23. The van der Waals surface area contributed by atoms with Crippen molar-refractivity contribution in [2.75, 3.05) is 31.5 Å². The first-order chi connectivity index (χ1) is 19.3. The Bertz CT molecular complexity index is 1190. The molecule has 4 aliphatic heterocycles. The van der Waals surface area contributed by atoms with Crippen LogP contribution >= 0.6 is 24.0 Å². The molecule has 4 fully saturated rings. The molecular formula is C31H42Cl2N4O4. The zero-order chi connectivity index (χ0) is 28.0. The van der Waals surface area contributed by atoms with Crippen molar-refractivity contribution >= 4 is 47.4 Å². The molecule has 4 heterocycles. The minimum Gasteiger partial charge on any atom is -0.359 e. The number of carbonyl (C=O) groups excluding carboxylic acids is 3. The summed E-state index contributed by atoms with van der Waals surface area (Å²) in [6.07, 6.45) is 9.93. The maximum atomic E-state index is 14.2. The number of carbonyl (C=O) groups is 3. The molecule has 8 unspecified atom stereocenters. The van der Waals surface area contributed by atoms with Crippen molar-refractivity contribution in [3.63, 3.8) is 0 Å². The van der Waals surface area contributed by atoms with Gasteiger partial charge >= 0.3 is 0 Å². The van der Waals surface area contributed by atoms with Gasteiger partial charge in [0.15, 0.2) is 0 Å². The second-order valence-electron chi connectivity index (χ2n) is 12.5. The molecule has 2 bridgehead atoms. The van der Waals surface area contributed by atoms with E-state index in [-0.39, 0.29) is 36.2 Å². The van der Waals surface area contributed by atoms with Crippen LogP contribution in [0.1, 0.15) is 52.4 Å². The van der Waals surface area contributed by atoms with Gasteiger partial charge in [-0.1, -0.05) is 62.9 Å². The van der Waals surface area contributed by atoms with Crippen molar-refractivity contribution in [1.29, 1.82) is 0 Å². The molecule has 6 rings (SSSR count). The Kier molecular flexibility index (Phi) is 9.05. The summed E-state index contributed by atoms with van der Waals surface area (Å²) in [6.45, 7) is 7.62. The Morgan fingerprint density at radius 2 is 1.85 bits per heavy atom. The van der Waals surface area contributed by atoms with E-state index in [1.54, 1.807) is 29.2 Å². The average Bonchev–Trinajstić information content (AvgIpc) is 3.58. The number of benzene rings is 1. The molecule has 3 saturated heterocycles. The minimum atomic E-state index is -1.15. The van der Waals surface area contributed by atoms with Crippen LogP contribution in [0.2, 0.25) is 5.02 Å². The highest BCUT2D eigenvalue weighted by molar-refractivity contribution is 6.30. The zero-order valence-corrected chi connectivity index (χ0v) is 25.5. The summed E-state index contributed by atoms with van der Waals surface area (Å²) in [4.78, 5) is 46.1. The first kappa shape index (κ1) is 30.3. The number of anilines is 1. The number of nitrogens with zero attached hydrogens (tertiary/aromatic N) is 2. The molecule has 1 aliphatic carbocycles. The number of hydrogen-bond acceptors (Lipinski definition) is 5. The number of rotatable bonds is 7. The summed E-state index contributed by atoms with van der Waals surface area (Å²) in [5.41, 5.74) is -0.575. The van der Waals surface area contributed by atoms with Gasteiger partial charge < -0.3 is 25.2 Å². The summed E-state index contributed by atoms with van der Waals surface area (Å²) in [5.74, 6) is -1.20. The fraction of sp³-hybridized carbons (Fsp3) is 0.645. The van der Waals surface area contributed by atoms with Crippen LogP contribution in [-0.2, 0) is 19.1 Å². The molecule has 2 N–H and O–H groups in total. The first-order valence-corrected chi connectivity index (χ1v) is 15.4. The molecule has 5 aliphatic rings. The van der Waals surface area contributed by atoms with Gasteiger partial charge in [-0.3, -0.25) is 14.4 Å². The van der Waals surface area contributed by atoms with E-state index in [1.807, 2.05) is 12.2 Å². The lowest BCUT2D eigenvalue weighted by Crippen LogP contribution is -2.58. The van der Waals surface area contributed by atoms with Crippen LogP contribution in [0.4, 0.5) is 5.69 Å². The van der Waals surface area contributed by atoms with Crippen LogP contribution in [-0.4, -0.2) is 77.5 Å². The Morgan fingerprint density at radius 3 is 2.61 bits per heavy atom. The van der Waals surface area contributed by atoms with E-state index in [1.165, 1.54) is 12.8 Å². The third-order valence-corrected chi connectivity index (χ3v) is 10.4. The first-order valence-electron chi connectivity index (χ1n) is 15.1. The third kappa shape index (κ3) is 5.53. The molecule has 41 heavy (non-hydrogen) atoms. The summed E-state index contributed by atoms with van der Waals surface area (Å²) < 4.78 is 6.51. The lowest BCUT2D eigenvalue weighted by molar-refractivity contribution is -0.142. The molecule has 8 atom stereocenters. The van der Waals surface area contributed by atoms with Gasteiger partial charge in [-0.15, -0.1) is 12.4 Å².